The minimum absolute atomic E-state index is 0.211. The van der Waals surface area contributed by atoms with Gasteiger partial charge in [0.15, 0.2) is 0 Å². The summed E-state index contributed by atoms with van der Waals surface area (Å²) < 4.78 is 5.35. The van der Waals surface area contributed by atoms with Gasteiger partial charge >= 0.3 is 0 Å². The van der Waals surface area contributed by atoms with Crippen molar-refractivity contribution < 1.29 is 9.84 Å². The average Bonchev–Trinajstić information content (AvgIpc) is 2.82. The molecule has 1 N–H and O–H groups in total. The standard InChI is InChI=1S/C14H27NO2/c1-11-5-3-4-6-13(11)15(2)9-14(16)12-7-8-17-10-12/h11-14,16H,3-10H2,1-2H3. The van der Waals surface area contributed by atoms with Crippen molar-refractivity contribution >= 4 is 0 Å². The maximum Gasteiger partial charge on any atom is 0.0718 e. The molecule has 1 aliphatic heterocycles. The van der Waals surface area contributed by atoms with E-state index in [0.717, 1.165) is 32.1 Å². The summed E-state index contributed by atoms with van der Waals surface area (Å²) in [6, 6.07) is 0.667. The molecule has 0 bridgehead atoms. The lowest BCUT2D eigenvalue weighted by Crippen LogP contribution is -2.44. The highest BCUT2D eigenvalue weighted by Gasteiger charge is 2.29. The van der Waals surface area contributed by atoms with Crippen molar-refractivity contribution in [1.82, 2.24) is 4.90 Å². The second-order valence-corrected chi connectivity index (χ2v) is 5.96. The van der Waals surface area contributed by atoms with E-state index < -0.39 is 0 Å². The number of aliphatic hydroxyl groups is 1. The SMILES string of the molecule is CC1CCCCC1N(C)CC(O)C1CCOC1. The lowest BCUT2D eigenvalue weighted by atomic mass is 9.85. The Bertz CT molecular complexity index is 228. The van der Waals surface area contributed by atoms with E-state index in [0.29, 0.717) is 12.0 Å². The Kier molecular flexibility index (Phi) is 4.83. The Morgan fingerprint density at radius 1 is 1.29 bits per heavy atom. The molecule has 100 valence electrons. The van der Waals surface area contributed by atoms with E-state index in [4.69, 9.17) is 4.74 Å². The summed E-state index contributed by atoms with van der Waals surface area (Å²) in [6.45, 7) is 4.73. The van der Waals surface area contributed by atoms with Crippen LogP contribution in [0.25, 0.3) is 0 Å². The van der Waals surface area contributed by atoms with Crippen molar-refractivity contribution in [2.24, 2.45) is 11.8 Å². The van der Waals surface area contributed by atoms with Gasteiger partial charge < -0.3 is 14.7 Å². The van der Waals surface area contributed by atoms with Crippen molar-refractivity contribution in [1.29, 1.82) is 0 Å². The molecule has 1 saturated heterocycles. The number of likely N-dealkylation sites (N-methyl/N-ethyl adjacent to an activating group) is 1. The van der Waals surface area contributed by atoms with Crippen LogP contribution in [-0.4, -0.2) is 49.0 Å². The predicted octanol–water partition coefficient (Wildman–Crippen LogP) is 1.89. The second kappa shape index (κ2) is 6.17. The van der Waals surface area contributed by atoms with Gasteiger partial charge in [0.2, 0.25) is 0 Å². The fourth-order valence-corrected chi connectivity index (χ4v) is 3.39. The number of ether oxygens (including phenoxy) is 1. The number of hydrogen-bond acceptors (Lipinski definition) is 3. The van der Waals surface area contributed by atoms with Crippen LogP contribution in [-0.2, 0) is 4.74 Å². The molecule has 17 heavy (non-hydrogen) atoms. The van der Waals surface area contributed by atoms with Crippen molar-refractivity contribution in [2.45, 2.75) is 51.2 Å². The Labute approximate surface area is 105 Å². The summed E-state index contributed by atoms with van der Waals surface area (Å²) in [5.41, 5.74) is 0. The molecule has 3 nitrogen and oxygen atoms in total. The van der Waals surface area contributed by atoms with Gasteiger partial charge in [0.25, 0.3) is 0 Å². The van der Waals surface area contributed by atoms with Gasteiger partial charge in [-0.15, -0.1) is 0 Å². The Morgan fingerprint density at radius 2 is 2.06 bits per heavy atom. The minimum Gasteiger partial charge on any atom is -0.391 e. The van der Waals surface area contributed by atoms with Crippen LogP contribution >= 0.6 is 0 Å². The molecule has 1 aliphatic carbocycles. The third kappa shape index (κ3) is 3.43. The van der Waals surface area contributed by atoms with E-state index >= 15 is 0 Å². The first kappa shape index (κ1) is 13.3. The molecule has 0 aromatic rings. The fourth-order valence-electron chi connectivity index (χ4n) is 3.39. The van der Waals surface area contributed by atoms with Crippen LogP contribution in [0, 0.1) is 11.8 Å². The van der Waals surface area contributed by atoms with Crippen LogP contribution in [0.1, 0.15) is 39.0 Å². The zero-order valence-corrected chi connectivity index (χ0v) is 11.3. The summed E-state index contributed by atoms with van der Waals surface area (Å²) >= 11 is 0. The van der Waals surface area contributed by atoms with Gasteiger partial charge in [-0.1, -0.05) is 19.8 Å². The minimum atomic E-state index is -0.211. The largest absolute Gasteiger partial charge is 0.391 e. The maximum absolute atomic E-state index is 10.2. The molecule has 4 atom stereocenters. The van der Waals surface area contributed by atoms with Crippen LogP contribution in [0.3, 0.4) is 0 Å². The molecule has 1 saturated carbocycles. The average molecular weight is 241 g/mol. The van der Waals surface area contributed by atoms with Gasteiger partial charge in [0.05, 0.1) is 12.7 Å². The van der Waals surface area contributed by atoms with Crippen LogP contribution in [0.2, 0.25) is 0 Å². The number of hydrogen-bond donors (Lipinski definition) is 1. The van der Waals surface area contributed by atoms with Gasteiger partial charge in [-0.2, -0.15) is 0 Å². The molecular formula is C14H27NO2. The van der Waals surface area contributed by atoms with Crippen LogP contribution < -0.4 is 0 Å². The summed E-state index contributed by atoms with van der Waals surface area (Å²) in [5, 5.41) is 10.2. The van der Waals surface area contributed by atoms with E-state index in [1.165, 1.54) is 25.7 Å². The molecule has 0 aromatic carbocycles. The predicted molar refractivity (Wildman–Crippen MR) is 69.0 cm³/mol. The van der Waals surface area contributed by atoms with Gasteiger partial charge in [-0.05, 0) is 32.2 Å². The number of rotatable bonds is 4. The van der Waals surface area contributed by atoms with E-state index in [1.54, 1.807) is 0 Å². The first-order valence-electron chi connectivity index (χ1n) is 7.14. The van der Waals surface area contributed by atoms with E-state index in [9.17, 15) is 5.11 Å². The molecule has 0 amide bonds. The lowest BCUT2D eigenvalue weighted by molar-refractivity contribution is 0.0342. The Hall–Kier alpha value is -0.120. The van der Waals surface area contributed by atoms with E-state index in [2.05, 4.69) is 18.9 Å². The van der Waals surface area contributed by atoms with Gasteiger partial charge in [-0.3, -0.25) is 0 Å². The summed E-state index contributed by atoms with van der Waals surface area (Å²) in [7, 11) is 2.17. The van der Waals surface area contributed by atoms with E-state index in [1.807, 2.05) is 0 Å². The molecular weight excluding hydrogens is 214 g/mol. The molecule has 2 fully saturated rings. The van der Waals surface area contributed by atoms with Crippen LogP contribution in [0.4, 0.5) is 0 Å². The summed E-state index contributed by atoms with van der Waals surface area (Å²) in [5.74, 6) is 1.14. The van der Waals surface area contributed by atoms with Crippen molar-refractivity contribution in [3.05, 3.63) is 0 Å². The highest BCUT2D eigenvalue weighted by molar-refractivity contribution is 4.82. The highest BCUT2D eigenvalue weighted by Crippen LogP contribution is 2.28. The van der Waals surface area contributed by atoms with Crippen LogP contribution in [0.15, 0.2) is 0 Å². The van der Waals surface area contributed by atoms with Crippen molar-refractivity contribution in [2.75, 3.05) is 26.8 Å². The second-order valence-electron chi connectivity index (χ2n) is 5.96. The number of nitrogens with zero attached hydrogens (tertiary/aromatic N) is 1. The monoisotopic (exact) mass is 241 g/mol. The Morgan fingerprint density at radius 3 is 2.71 bits per heavy atom. The third-order valence-corrected chi connectivity index (χ3v) is 4.62. The molecule has 0 aromatic heterocycles. The van der Waals surface area contributed by atoms with Crippen LogP contribution in [0.5, 0.6) is 0 Å². The zero-order chi connectivity index (χ0) is 12.3. The first-order chi connectivity index (χ1) is 8.18. The molecule has 2 aliphatic rings. The lowest BCUT2D eigenvalue weighted by Gasteiger charge is -2.37. The number of aliphatic hydroxyl groups excluding tert-OH is 1. The quantitative estimate of drug-likeness (QED) is 0.816. The maximum atomic E-state index is 10.2. The Balaban J connectivity index is 1.80. The summed E-state index contributed by atoms with van der Waals surface area (Å²) in [6.07, 6.45) is 6.18. The molecule has 3 heteroatoms. The molecule has 0 spiro atoms. The molecule has 2 rings (SSSR count). The topological polar surface area (TPSA) is 32.7 Å². The van der Waals surface area contributed by atoms with Crippen molar-refractivity contribution in [3.8, 4) is 0 Å². The highest BCUT2D eigenvalue weighted by atomic mass is 16.5. The summed E-state index contributed by atoms with van der Waals surface area (Å²) in [4.78, 5) is 2.38. The third-order valence-electron chi connectivity index (χ3n) is 4.62. The smallest absolute Gasteiger partial charge is 0.0718 e. The molecule has 1 heterocycles. The molecule has 0 radical (unpaired) electrons. The van der Waals surface area contributed by atoms with Gasteiger partial charge in [0, 0.05) is 25.1 Å². The normalized spacial score (nSPS) is 36.4. The zero-order valence-electron chi connectivity index (χ0n) is 11.3. The van der Waals surface area contributed by atoms with Gasteiger partial charge in [0.1, 0.15) is 0 Å². The molecule has 4 unspecified atom stereocenters. The van der Waals surface area contributed by atoms with E-state index in [-0.39, 0.29) is 6.10 Å². The van der Waals surface area contributed by atoms with Gasteiger partial charge in [-0.25, -0.2) is 0 Å². The first-order valence-corrected chi connectivity index (χ1v) is 7.14. The fraction of sp³-hybridized carbons (Fsp3) is 1.00. The van der Waals surface area contributed by atoms with Crippen molar-refractivity contribution in [3.63, 3.8) is 0 Å².